The molecule has 7 aromatic rings. The van der Waals surface area contributed by atoms with Crippen molar-refractivity contribution in [3.05, 3.63) is 133 Å². The smallest absolute Gasteiger partial charge is 0.195 e. The first-order valence-corrected chi connectivity index (χ1v) is 13.7. The summed E-state index contributed by atoms with van der Waals surface area (Å²) in [5.41, 5.74) is 8.78. The van der Waals surface area contributed by atoms with Crippen molar-refractivity contribution in [3.8, 4) is 56.4 Å². The summed E-state index contributed by atoms with van der Waals surface area (Å²) in [7, 11) is 0. The van der Waals surface area contributed by atoms with Crippen LogP contribution in [-0.4, -0.2) is 19.9 Å². The van der Waals surface area contributed by atoms with Gasteiger partial charge in [0, 0.05) is 23.1 Å². The number of nitrogens with zero attached hydrogens (tertiary/aromatic N) is 4. The van der Waals surface area contributed by atoms with Gasteiger partial charge in [-0.15, -0.1) is 0 Å². The predicted octanol–water partition coefficient (Wildman–Crippen LogP) is 8.91. The summed E-state index contributed by atoms with van der Waals surface area (Å²) in [5, 5.41) is 0. The molecule has 41 heavy (non-hydrogen) atoms. The highest BCUT2D eigenvalue weighted by atomic mass is 16.3. The molecule has 0 aliphatic rings. The van der Waals surface area contributed by atoms with Crippen LogP contribution in [0.2, 0.25) is 0 Å². The van der Waals surface area contributed by atoms with Crippen molar-refractivity contribution in [3.63, 3.8) is 0 Å². The fraction of sp³-hybridized carbons (Fsp3) is 0.0556. The molecule has 7 rings (SSSR count). The van der Waals surface area contributed by atoms with E-state index in [4.69, 9.17) is 19.4 Å². The Kier molecular flexibility index (Phi) is 6.38. The standard InChI is InChI=1S/C36H26N4O/c1-2-33-37-31-23-28(21-22-32(31)41-33)29-15-9-10-16-30(29)36-39-34(26-13-7-4-8-14-26)38-35(40-36)27-19-17-25(18-20-27)24-11-5-3-6-12-24/h3-23H,2H2,1H3. The summed E-state index contributed by atoms with van der Waals surface area (Å²) in [6.07, 6.45) is 0.753. The van der Waals surface area contributed by atoms with Crippen molar-refractivity contribution in [1.82, 2.24) is 19.9 Å². The number of fused-ring (bicyclic) bond motifs is 1. The summed E-state index contributed by atoms with van der Waals surface area (Å²) in [4.78, 5) is 19.5. The molecule has 0 spiro atoms. The van der Waals surface area contributed by atoms with Gasteiger partial charge >= 0.3 is 0 Å². The van der Waals surface area contributed by atoms with E-state index in [0.717, 1.165) is 56.8 Å². The molecule has 0 atom stereocenters. The van der Waals surface area contributed by atoms with Crippen molar-refractivity contribution >= 4 is 11.1 Å². The van der Waals surface area contributed by atoms with Gasteiger partial charge in [-0.1, -0.05) is 122 Å². The molecular weight excluding hydrogens is 504 g/mol. The summed E-state index contributed by atoms with van der Waals surface area (Å²) in [6.45, 7) is 2.04. The Bertz CT molecular complexity index is 1960. The second-order valence-corrected chi connectivity index (χ2v) is 9.80. The van der Waals surface area contributed by atoms with Gasteiger partial charge in [0.05, 0.1) is 0 Å². The third kappa shape index (κ3) is 4.90. The monoisotopic (exact) mass is 530 g/mol. The van der Waals surface area contributed by atoms with E-state index in [1.807, 2.05) is 73.7 Å². The number of hydrogen-bond donors (Lipinski definition) is 0. The second kappa shape index (κ2) is 10.6. The van der Waals surface area contributed by atoms with E-state index in [1.165, 1.54) is 5.56 Å². The number of rotatable bonds is 6. The molecule has 0 saturated heterocycles. The quantitative estimate of drug-likeness (QED) is 0.215. The highest BCUT2D eigenvalue weighted by Crippen LogP contribution is 2.34. The Hall–Kier alpha value is -5.42. The number of oxazole rings is 1. The largest absolute Gasteiger partial charge is 0.441 e. The van der Waals surface area contributed by atoms with Crippen LogP contribution < -0.4 is 0 Å². The van der Waals surface area contributed by atoms with Crippen LogP contribution in [0.1, 0.15) is 12.8 Å². The van der Waals surface area contributed by atoms with E-state index in [2.05, 4.69) is 65.6 Å². The van der Waals surface area contributed by atoms with E-state index in [1.54, 1.807) is 0 Å². The summed E-state index contributed by atoms with van der Waals surface area (Å²) >= 11 is 0. The number of aromatic nitrogens is 4. The van der Waals surface area contributed by atoms with E-state index >= 15 is 0 Å². The van der Waals surface area contributed by atoms with Crippen LogP contribution in [0.3, 0.4) is 0 Å². The molecule has 5 aromatic carbocycles. The molecule has 0 unspecified atom stereocenters. The Morgan fingerprint density at radius 2 is 0.976 bits per heavy atom. The topological polar surface area (TPSA) is 64.7 Å². The van der Waals surface area contributed by atoms with E-state index in [0.29, 0.717) is 17.5 Å². The van der Waals surface area contributed by atoms with Gasteiger partial charge in [-0.25, -0.2) is 19.9 Å². The SMILES string of the molecule is CCc1nc2cc(-c3ccccc3-c3nc(-c4ccccc4)nc(-c4ccc(-c5ccccc5)cc4)n3)ccc2o1. The minimum absolute atomic E-state index is 0.617. The maximum atomic E-state index is 5.84. The average molecular weight is 531 g/mol. The molecule has 0 fully saturated rings. The zero-order valence-electron chi connectivity index (χ0n) is 22.5. The van der Waals surface area contributed by atoms with Gasteiger partial charge in [0.15, 0.2) is 28.9 Å². The van der Waals surface area contributed by atoms with Gasteiger partial charge in [-0.05, 0) is 34.4 Å². The van der Waals surface area contributed by atoms with Crippen LogP contribution in [-0.2, 0) is 6.42 Å². The molecular formula is C36H26N4O. The molecule has 0 amide bonds. The highest BCUT2D eigenvalue weighted by Gasteiger charge is 2.16. The summed E-state index contributed by atoms with van der Waals surface area (Å²) in [5.74, 6) is 2.61. The highest BCUT2D eigenvalue weighted by molar-refractivity contribution is 5.87. The van der Waals surface area contributed by atoms with E-state index in [9.17, 15) is 0 Å². The maximum absolute atomic E-state index is 5.84. The minimum atomic E-state index is 0.617. The lowest BCUT2D eigenvalue weighted by Gasteiger charge is -2.12. The molecule has 2 heterocycles. The number of benzene rings is 5. The Morgan fingerprint density at radius 3 is 1.66 bits per heavy atom. The van der Waals surface area contributed by atoms with Crippen LogP contribution in [0.25, 0.3) is 67.5 Å². The fourth-order valence-corrected chi connectivity index (χ4v) is 5.01. The Balaban J connectivity index is 1.36. The Morgan fingerprint density at radius 1 is 0.463 bits per heavy atom. The Labute approximate surface area is 238 Å². The van der Waals surface area contributed by atoms with Gasteiger partial charge < -0.3 is 4.42 Å². The molecule has 0 radical (unpaired) electrons. The molecule has 0 aliphatic carbocycles. The van der Waals surface area contributed by atoms with E-state index < -0.39 is 0 Å². The number of aryl methyl sites for hydroxylation is 1. The normalized spacial score (nSPS) is 11.1. The van der Waals surface area contributed by atoms with Crippen LogP contribution in [0.5, 0.6) is 0 Å². The minimum Gasteiger partial charge on any atom is -0.441 e. The van der Waals surface area contributed by atoms with Gasteiger partial charge in [0.2, 0.25) is 0 Å². The van der Waals surface area contributed by atoms with Crippen molar-refractivity contribution in [2.45, 2.75) is 13.3 Å². The molecule has 196 valence electrons. The average Bonchev–Trinajstić information content (AvgIpc) is 3.48. The van der Waals surface area contributed by atoms with Crippen LogP contribution in [0, 0.1) is 0 Å². The molecule has 0 N–H and O–H groups in total. The first kappa shape index (κ1) is 24.6. The molecule has 5 heteroatoms. The third-order valence-corrected chi connectivity index (χ3v) is 7.13. The molecule has 0 saturated carbocycles. The molecule has 0 aliphatic heterocycles. The number of hydrogen-bond acceptors (Lipinski definition) is 5. The van der Waals surface area contributed by atoms with Crippen LogP contribution in [0.4, 0.5) is 0 Å². The fourth-order valence-electron chi connectivity index (χ4n) is 5.01. The van der Waals surface area contributed by atoms with Gasteiger partial charge in [0.25, 0.3) is 0 Å². The second-order valence-electron chi connectivity index (χ2n) is 9.80. The molecule has 0 bridgehead atoms. The lowest BCUT2D eigenvalue weighted by atomic mass is 9.98. The van der Waals surface area contributed by atoms with Crippen LogP contribution >= 0.6 is 0 Å². The van der Waals surface area contributed by atoms with Gasteiger partial charge in [-0.3, -0.25) is 0 Å². The van der Waals surface area contributed by atoms with Crippen LogP contribution in [0.15, 0.2) is 132 Å². The van der Waals surface area contributed by atoms with Crippen molar-refractivity contribution in [2.24, 2.45) is 0 Å². The third-order valence-electron chi connectivity index (χ3n) is 7.13. The van der Waals surface area contributed by atoms with Crippen molar-refractivity contribution in [2.75, 3.05) is 0 Å². The lowest BCUT2D eigenvalue weighted by molar-refractivity contribution is 0.538. The van der Waals surface area contributed by atoms with Gasteiger partial charge in [-0.2, -0.15) is 0 Å². The van der Waals surface area contributed by atoms with Gasteiger partial charge in [0.1, 0.15) is 5.52 Å². The molecule has 5 nitrogen and oxygen atoms in total. The van der Waals surface area contributed by atoms with Crippen molar-refractivity contribution in [1.29, 1.82) is 0 Å². The maximum Gasteiger partial charge on any atom is 0.195 e. The summed E-state index contributed by atoms with van der Waals surface area (Å²) in [6, 6.07) is 43.1. The molecule has 2 aromatic heterocycles. The first-order valence-electron chi connectivity index (χ1n) is 13.7. The summed E-state index contributed by atoms with van der Waals surface area (Å²) < 4.78 is 5.84. The first-order chi connectivity index (χ1) is 20.2. The van der Waals surface area contributed by atoms with Crippen molar-refractivity contribution < 1.29 is 4.42 Å². The zero-order valence-corrected chi connectivity index (χ0v) is 22.5. The van der Waals surface area contributed by atoms with E-state index in [-0.39, 0.29) is 0 Å². The lowest BCUT2D eigenvalue weighted by Crippen LogP contribution is -2.01. The zero-order chi connectivity index (χ0) is 27.6. The predicted molar refractivity (Wildman–Crippen MR) is 164 cm³/mol.